The van der Waals surface area contributed by atoms with Crippen molar-refractivity contribution in [2.75, 3.05) is 41.9 Å². The predicted octanol–water partition coefficient (Wildman–Crippen LogP) is 2.60. The van der Waals surface area contributed by atoms with E-state index in [-0.39, 0.29) is 0 Å². The molecule has 1 aliphatic rings. The quantitative estimate of drug-likeness (QED) is 0.489. The highest BCUT2D eigenvalue weighted by Crippen LogP contribution is 2.19. The number of nitrogens with zero attached hydrogens (tertiary/aromatic N) is 6. The van der Waals surface area contributed by atoms with Gasteiger partial charge in [-0.15, -0.1) is 0 Å². The Labute approximate surface area is 168 Å². The molecule has 1 aliphatic heterocycles. The van der Waals surface area contributed by atoms with E-state index < -0.39 is 0 Å². The Hall–Kier alpha value is -3.59. The third-order valence-corrected chi connectivity index (χ3v) is 4.31. The Morgan fingerprint density at radius 1 is 0.966 bits per heavy atom. The lowest BCUT2D eigenvalue weighted by Crippen LogP contribution is -2.37. The molecule has 9 nitrogen and oxygen atoms in total. The molecule has 0 radical (unpaired) electrons. The summed E-state index contributed by atoms with van der Waals surface area (Å²) in [5.41, 5.74) is 5.91. The number of anilines is 4. The van der Waals surface area contributed by atoms with E-state index in [2.05, 4.69) is 40.7 Å². The van der Waals surface area contributed by atoms with Crippen molar-refractivity contribution in [3.63, 3.8) is 0 Å². The molecule has 4 rings (SSSR count). The monoisotopic (exact) mass is 390 g/mol. The van der Waals surface area contributed by atoms with Gasteiger partial charge >= 0.3 is 0 Å². The van der Waals surface area contributed by atoms with E-state index in [0.29, 0.717) is 31.1 Å². The van der Waals surface area contributed by atoms with Crippen molar-refractivity contribution in [3.8, 4) is 0 Å². The second-order valence-electron chi connectivity index (χ2n) is 6.52. The molecule has 148 valence electrons. The molecule has 3 heterocycles. The summed E-state index contributed by atoms with van der Waals surface area (Å²) in [4.78, 5) is 19.6. The smallest absolute Gasteiger partial charge is 0.250 e. The SMILES string of the molecule is Cc1ccc(Nc2nc(NN=Cc3ccncc3)nc(N3CCOCC3)n2)cc1. The van der Waals surface area contributed by atoms with Crippen LogP contribution in [0.3, 0.4) is 0 Å². The Balaban J connectivity index is 1.56. The van der Waals surface area contributed by atoms with E-state index in [0.717, 1.165) is 24.3 Å². The van der Waals surface area contributed by atoms with Crippen LogP contribution in [0.5, 0.6) is 0 Å². The average Bonchev–Trinajstić information content (AvgIpc) is 2.77. The van der Waals surface area contributed by atoms with Gasteiger partial charge in [-0.2, -0.15) is 20.1 Å². The number of hydrazone groups is 1. The number of benzene rings is 1. The molecule has 2 N–H and O–H groups in total. The summed E-state index contributed by atoms with van der Waals surface area (Å²) in [7, 11) is 0. The third kappa shape index (κ3) is 5.23. The number of hydrogen-bond donors (Lipinski definition) is 2. The normalized spacial score (nSPS) is 14.2. The topological polar surface area (TPSA) is 100 Å². The molecule has 1 saturated heterocycles. The summed E-state index contributed by atoms with van der Waals surface area (Å²) in [5, 5.41) is 7.47. The number of hydrogen-bond acceptors (Lipinski definition) is 9. The molecule has 0 atom stereocenters. The van der Waals surface area contributed by atoms with Gasteiger partial charge in [-0.3, -0.25) is 4.98 Å². The minimum Gasteiger partial charge on any atom is -0.378 e. The number of nitrogens with one attached hydrogen (secondary N) is 2. The van der Waals surface area contributed by atoms with E-state index in [4.69, 9.17) is 4.74 Å². The Morgan fingerprint density at radius 3 is 2.45 bits per heavy atom. The van der Waals surface area contributed by atoms with Crippen LogP contribution < -0.4 is 15.6 Å². The highest BCUT2D eigenvalue weighted by atomic mass is 16.5. The maximum absolute atomic E-state index is 5.43. The van der Waals surface area contributed by atoms with E-state index in [1.54, 1.807) is 18.6 Å². The van der Waals surface area contributed by atoms with Crippen molar-refractivity contribution in [2.45, 2.75) is 6.92 Å². The molecule has 0 unspecified atom stereocenters. The van der Waals surface area contributed by atoms with Gasteiger partial charge in [-0.05, 0) is 36.8 Å². The molecule has 2 aromatic heterocycles. The van der Waals surface area contributed by atoms with Gasteiger partial charge in [-0.1, -0.05) is 17.7 Å². The first-order valence-electron chi connectivity index (χ1n) is 9.38. The Bertz CT molecular complexity index is 956. The number of aromatic nitrogens is 4. The van der Waals surface area contributed by atoms with Crippen molar-refractivity contribution in [1.82, 2.24) is 19.9 Å². The summed E-state index contributed by atoms with van der Waals surface area (Å²) in [6.07, 6.45) is 5.11. The van der Waals surface area contributed by atoms with Gasteiger partial charge in [0.25, 0.3) is 0 Å². The zero-order valence-corrected chi connectivity index (χ0v) is 16.1. The van der Waals surface area contributed by atoms with Crippen LogP contribution >= 0.6 is 0 Å². The van der Waals surface area contributed by atoms with Gasteiger partial charge in [0.1, 0.15) is 0 Å². The highest BCUT2D eigenvalue weighted by molar-refractivity contribution is 5.79. The van der Waals surface area contributed by atoms with Gasteiger partial charge in [0, 0.05) is 31.2 Å². The fourth-order valence-corrected chi connectivity index (χ4v) is 2.76. The molecule has 0 aliphatic carbocycles. The van der Waals surface area contributed by atoms with Crippen LogP contribution in [0.2, 0.25) is 0 Å². The minimum atomic E-state index is 0.362. The molecular formula is C20H22N8O. The summed E-state index contributed by atoms with van der Waals surface area (Å²) in [5.74, 6) is 1.40. The first-order chi connectivity index (χ1) is 14.3. The fourth-order valence-electron chi connectivity index (χ4n) is 2.76. The summed E-state index contributed by atoms with van der Waals surface area (Å²) >= 11 is 0. The van der Waals surface area contributed by atoms with Crippen molar-refractivity contribution >= 4 is 29.7 Å². The third-order valence-electron chi connectivity index (χ3n) is 4.31. The largest absolute Gasteiger partial charge is 0.378 e. The second kappa shape index (κ2) is 9.07. The van der Waals surface area contributed by atoms with Gasteiger partial charge in [0.2, 0.25) is 17.8 Å². The lowest BCUT2D eigenvalue weighted by atomic mass is 10.2. The van der Waals surface area contributed by atoms with E-state index in [9.17, 15) is 0 Å². The molecule has 9 heteroatoms. The van der Waals surface area contributed by atoms with Crippen LogP contribution in [0, 0.1) is 6.92 Å². The first kappa shape index (κ1) is 18.8. The predicted molar refractivity (Wildman–Crippen MR) is 113 cm³/mol. The summed E-state index contributed by atoms with van der Waals surface area (Å²) in [6.45, 7) is 4.80. The van der Waals surface area contributed by atoms with Crippen molar-refractivity contribution in [3.05, 3.63) is 59.9 Å². The molecule has 0 bridgehead atoms. The zero-order chi connectivity index (χ0) is 19.9. The van der Waals surface area contributed by atoms with E-state index in [1.807, 2.05) is 43.3 Å². The summed E-state index contributed by atoms with van der Waals surface area (Å²) in [6, 6.07) is 11.8. The van der Waals surface area contributed by atoms with Crippen LogP contribution in [0.1, 0.15) is 11.1 Å². The van der Waals surface area contributed by atoms with Crippen LogP contribution in [0.4, 0.5) is 23.5 Å². The fraction of sp³-hybridized carbons (Fsp3) is 0.250. The maximum atomic E-state index is 5.43. The van der Waals surface area contributed by atoms with Gasteiger partial charge in [0.05, 0.1) is 19.4 Å². The lowest BCUT2D eigenvalue weighted by molar-refractivity contribution is 0.122. The molecule has 0 amide bonds. The number of rotatable bonds is 6. The molecule has 0 spiro atoms. The average molecular weight is 390 g/mol. The highest BCUT2D eigenvalue weighted by Gasteiger charge is 2.16. The molecule has 0 saturated carbocycles. The van der Waals surface area contributed by atoms with Gasteiger partial charge < -0.3 is 15.0 Å². The number of ether oxygens (including phenoxy) is 1. The van der Waals surface area contributed by atoms with Crippen LogP contribution in [0.15, 0.2) is 53.9 Å². The van der Waals surface area contributed by atoms with Crippen molar-refractivity contribution in [1.29, 1.82) is 0 Å². The number of aryl methyl sites for hydroxylation is 1. The molecular weight excluding hydrogens is 368 g/mol. The maximum Gasteiger partial charge on any atom is 0.250 e. The summed E-state index contributed by atoms with van der Waals surface area (Å²) < 4.78 is 5.43. The Kier molecular flexibility index (Phi) is 5.87. The number of morpholine rings is 1. The zero-order valence-electron chi connectivity index (χ0n) is 16.1. The van der Waals surface area contributed by atoms with Crippen LogP contribution in [-0.2, 0) is 4.74 Å². The molecule has 3 aromatic rings. The van der Waals surface area contributed by atoms with Crippen molar-refractivity contribution in [2.24, 2.45) is 5.10 Å². The van der Waals surface area contributed by atoms with Crippen LogP contribution in [0.25, 0.3) is 0 Å². The standard InChI is InChI=1S/C20H22N8O/c1-15-2-4-17(5-3-15)23-18-24-19(27-22-14-16-6-8-21-9-7-16)26-20(25-18)28-10-12-29-13-11-28/h2-9,14H,10-13H2,1H3,(H2,23,24,25,26,27). The molecule has 1 aromatic carbocycles. The van der Waals surface area contributed by atoms with Gasteiger partial charge in [0.15, 0.2) is 0 Å². The van der Waals surface area contributed by atoms with Crippen molar-refractivity contribution < 1.29 is 4.74 Å². The van der Waals surface area contributed by atoms with Gasteiger partial charge in [-0.25, -0.2) is 5.43 Å². The molecule has 1 fully saturated rings. The minimum absolute atomic E-state index is 0.362. The molecule has 29 heavy (non-hydrogen) atoms. The van der Waals surface area contributed by atoms with E-state index in [1.165, 1.54) is 5.56 Å². The Morgan fingerprint density at radius 2 is 1.69 bits per heavy atom. The second-order valence-corrected chi connectivity index (χ2v) is 6.52. The van der Waals surface area contributed by atoms with Crippen LogP contribution in [-0.4, -0.2) is 52.5 Å². The lowest BCUT2D eigenvalue weighted by Gasteiger charge is -2.27. The van der Waals surface area contributed by atoms with E-state index >= 15 is 0 Å². The number of pyridine rings is 1. The first-order valence-corrected chi connectivity index (χ1v) is 9.38.